The number of benzene rings is 2. The minimum Gasteiger partial charge on any atom is -0.359 e. The Hall–Kier alpha value is -2.85. The Labute approximate surface area is 151 Å². The van der Waals surface area contributed by atoms with Crippen LogP contribution >= 0.6 is 11.6 Å². The van der Waals surface area contributed by atoms with Gasteiger partial charge in [-0.05, 0) is 43.3 Å². The molecular weight excluding hydrogens is 334 g/mol. The lowest BCUT2D eigenvalue weighted by Gasteiger charge is -2.27. The van der Waals surface area contributed by atoms with Crippen LogP contribution in [-0.2, 0) is 0 Å². The van der Waals surface area contributed by atoms with Gasteiger partial charge in [-0.2, -0.15) is 0 Å². The van der Waals surface area contributed by atoms with E-state index in [1.807, 2.05) is 55.5 Å². The van der Waals surface area contributed by atoms with E-state index < -0.39 is 6.17 Å². The average Bonchev–Trinajstić information content (AvgIpc) is 2.90. The number of nitrogens with zero attached hydrogens (tertiary/aromatic N) is 2. The molecule has 0 fully saturated rings. The van der Waals surface area contributed by atoms with E-state index in [-0.39, 0.29) is 5.91 Å². The molecule has 3 aromatic rings. The van der Waals surface area contributed by atoms with Gasteiger partial charge < -0.3 is 5.32 Å². The fourth-order valence-corrected chi connectivity index (χ4v) is 3.21. The molecule has 1 atom stereocenters. The number of aryl methyl sites for hydroxylation is 1. The minimum atomic E-state index is -0.411. The fourth-order valence-electron chi connectivity index (χ4n) is 3.02. The molecule has 0 radical (unpaired) electrons. The second-order valence-electron chi connectivity index (χ2n) is 5.97. The van der Waals surface area contributed by atoms with E-state index in [2.05, 4.69) is 10.3 Å². The molecule has 4 rings (SSSR count). The van der Waals surface area contributed by atoms with Crippen molar-refractivity contribution in [3.05, 3.63) is 88.7 Å². The van der Waals surface area contributed by atoms with Gasteiger partial charge >= 0.3 is 0 Å². The highest BCUT2D eigenvalue weighted by Crippen LogP contribution is 2.38. The molecule has 4 nitrogen and oxygen atoms in total. The maximum absolute atomic E-state index is 13.0. The van der Waals surface area contributed by atoms with Crippen LogP contribution in [0, 0.1) is 6.92 Å². The second-order valence-corrected chi connectivity index (χ2v) is 6.38. The number of halogens is 1. The molecule has 1 amide bonds. The standard InChI is InChI=1S/C20H16ClN3O/c1-13-8-10-14(11-9-13)24-19(23-17-7-3-2-6-16(17)21)18-15(20(24)25)5-4-12-22-18/h2-12,19,23H,1H3/t19-/m1/s1. The van der Waals surface area contributed by atoms with E-state index in [0.717, 1.165) is 16.9 Å². The van der Waals surface area contributed by atoms with Crippen LogP contribution in [0.1, 0.15) is 27.8 Å². The van der Waals surface area contributed by atoms with Crippen LogP contribution in [0.5, 0.6) is 0 Å². The minimum absolute atomic E-state index is 0.0727. The SMILES string of the molecule is Cc1ccc(N2C(=O)c3cccnc3[C@@H]2Nc2ccccc2Cl)cc1. The molecule has 2 heterocycles. The first-order chi connectivity index (χ1) is 12.1. The van der Waals surface area contributed by atoms with Crippen molar-refractivity contribution in [2.75, 3.05) is 10.2 Å². The maximum Gasteiger partial charge on any atom is 0.262 e. The molecule has 1 N–H and O–H groups in total. The van der Waals surface area contributed by atoms with Crippen molar-refractivity contribution < 1.29 is 4.79 Å². The van der Waals surface area contributed by atoms with Crippen LogP contribution in [0.3, 0.4) is 0 Å². The number of fused-ring (bicyclic) bond motifs is 1. The summed E-state index contributed by atoms with van der Waals surface area (Å²) in [7, 11) is 0. The Balaban J connectivity index is 1.80. The summed E-state index contributed by atoms with van der Waals surface area (Å²) in [5, 5.41) is 3.97. The lowest BCUT2D eigenvalue weighted by atomic mass is 10.2. The Bertz CT molecular complexity index is 940. The number of amides is 1. The van der Waals surface area contributed by atoms with Crippen molar-refractivity contribution in [2.24, 2.45) is 0 Å². The van der Waals surface area contributed by atoms with Gasteiger partial charge in [0.25, 0.3) is 5.91 Å². The zero-order chi connectivity index (χ0) is 17.4. The normalized spacial score (nSPS) is 16.0. The molecule has 0 saturated heterocycles. The summed E-state index contributed by atoms with van der Waals surface area (Å²) in [5.41, 5.74) is 4.03. The van der Waals surface area contributed by atoms with E-state index in [0.29, 0.717) is 16.3 Å². The average molecular weight is 350 g/mol. The number of carbonyl (C=O) groups is 1. The number of hydrogen-bond acceptors (Lipinski definition) is 3. The molecule has 25 heavy (non-hydrogen) atoms. The highest BCUT2D eigenvalue weighted by atomic mass is 35.5. The van der Waals surface area contributed by atoms with Crippen molar-refractivity contribution in [3.63, 3.8) is 0 Å². The van der Waals surface area contributed by atoms with E-state index in [1.54, 1.807) is 23.2 Å². The van der Waals surface area contributed by atoms with Gasteiger partial charge in [0.1, 0.15) is 0 Å². The van der Waals surface area contributed by atoms with E-state index in [9.17, 15) is 4.79 Å². The predicted molar refractivity (Wildman–Crippen MR) is 100 cm³/mol. The molecule has 0 unspecified atom stereocenters. The molecule has 0 aliphatic carbocycles. The van der Waals surface area contributed by atoms with Gasteiger partial charge in [-0.25, -0.2) is 0 Å². The molecule has 124 valence electrons. The summed E-state index contributed by atoms with van der Waals surface area (Å²) in [6.45, 7) is 2.02. The van der Waals surface area contributed by atoms with Gasteiger partial charge in [0.05, 0.1) is 22.0 Å². The quantitative estimate of drug-likeness (QED) is 0.737. The third kappa shape index (κ3) is 2.75. The third-order valence-corrected chi connectivity index (χ3v) is 4.61. The lowest BCUT2D eigenvalue weighted by molar-refractivity contribution is 0.0993. The number of para-hydroxylation sites is 1. The molecule has 1 aliphatic rings. The van der Waals surface area contributed by atoms with Crippen molar-refractivity contribution in [2.45, 2.75) is 13.1 Å². The Morgan fingerprint density at radius 1 is 1.04 bits per heavy atom. The summed E-state index contributed by atoms with van der Waals surface area (Å²) in [6, 6.07) is 18.9. The first-order valence-corrected chi connectivity index (χ1v) is 8.39. The van der Waals surface area contributed by atoms with Crippen LogP contribution in [0.25, 0.3) is 0 Å². The lowest BCUT2D eigenvalue weighted by Crippen LogP contribution is -2.32. The zero-order valence-electron chi connectivity index (χ0n) is 13.6. The predicted octanol–water partition coefficient (Wildman–Crippen LogP) is 4.81. The summed E-state index contributed by atoms with van der Waals surface area (Å²) < 4.78 is 0. The molecular formula is C20H16ClN3O. The first kappa shape index (κ1) is 15.7. The van der Waals surface area contributed by atoms with Gasteiger partial charge in [-0.15, -0.1) is 0 Å². The number of aromatic nitrogens is 1. The molecule has 5 heteroatoms. The number of rotatable bonds is 3. The number of hydrogen-bond donors (Lipinski definition) is 1. The van der Waals surface area contributed by atoms with Gasteiger partial charge in [0.15, 0.2) is 6.17 Å². The maximum atomic E-state index is 13.0. The van der Waals surface area contributed by atoms with Crippen molar-refractivity contribution in [3.8, 4) is 0 Å². The van der Waals surface area contributed by atoms with Crippen LogP contribution in [0.2, 0.25) is 5.02 Å². The van der Waals surface area contributed by atoms with Crippen molar-refractivity contribution in [1.82, 2.24) is 4.98 Å². The summed E-state index contributed by atoms with van der Waals surface area (Å²) in [4.78, 5) is 19.1. The summed E-state index contributed by atoms with van der Waals surface area (Å²) in [5.74, 6) is -0.0727. The smallest absolute Gasteiger partial charge is 0.262 e. The van der Waals surface area contributed by atoms with Crippen LogP contribution in [-0.4, -0.2) is 10.9 Å². The molecule has 0 bridgehead atoms. The molecule has 2 aromatic carbocycles. The topological polar surface area (TPSA) is 45.2 Å². The molecule has 0 saturated carbocycles. The van der Waals surface area contributed by atoms with Gasteiger partial charge in [-0.3, -0.25) is 14.7 Å². The number of pyridine rings is 1. The number of anilines is 2. The van der Waals surface area contributed by atoms with E-state index in [4.69, 9.17) is 11.6 Å². The number of carbonyl (C=O) groups excluding carboxylic acids is 1. The van der Waals surface area contributed by atoms with Gasteiger partial charge in [0, 0.05) is 11.9 Å². The molecule has 1 aliphatic heterocycles. The zero-order valence-corrected chi connectivity index (χ0v) is 14.4. The summed E-state index contributed by atoms with van der Waals surface area (Å²) >= 11 is 6.29. The highest BCUT2D eigenvalue weighted by molar-refractivity contribution is 6.33. The first-order valence-electron chi connectivity index (χ1n) is 8.01. The highest BCUT2D eigenvalue weighted by Gasteiger charge is 2.39. The second kappa shape index (κ2) is 6.22. The van der Waals surface area contributed by atoms with Crippen molar-refractivity contribution in [1.29, 1.82) is 0 Å². The number of nitrogens with one attached hydrogen (secondary N) is 1. The van der Waals surface area contributed by atoms with Crippen LogP contribution < -0.4 is 10.2 Å². The third-order valence-electron chi connectivity index (χ3n) is 4.28. The van der Waals surface area contributed by atoms with Crippen molar-refractivity contribution >= 4 is 28.9 Å². The van der Waals surface area contributed by atoms with E-state index in [1.165, 1.54) is 0 Å². The van der Waals surface area contributed by atoms with Crippen LogP contribution in [0.15, 0.2) is 66.9 Å². The summed E-state index contributed by atoms with van der Waals surface area (Å²) in [6.07, 6.45) is 1.29. The molecule has 0 spiro atoms. The monoisotopic (exact) mass is 349 g/mol. The fraction of sp³-hybridized carbons (Fsp3) is 0.100. The Morgan fingerprint density at radius 3 is 2.56 bits per heavy atom. The van der Waals surface area contributed by atoms with E-state index >= 15 is 0 Å². The van der Waals surface area contributed by atoms with Gasteiger partial charge in [-0.1, -0.05) is 41.4 Å². The largest absolute Gasteiger partial charge is 0.359 e. The Morgan fingerprint density at radius 2 is 1.80 bits per heavy atom. The Kier molecular flexibility index (Phi) is 3.90. The van der Waals surface area contributed by atoms with Gasteiger partial charge in [0.2, 0.25) is 0 Å². The van der Waals surface area contributed by atoms with Crippen LogP contribution in [0.4, 0.5) is 11.4 Å². The molecule has 1 aromatic heterocycles.